The summed E-state index contributed by atoms with van der Waals surface area (Å²) < 4.78 is 0. The Bertz CT molecular complexity index is 261. The molecule has 0 heterocycles. The minimum atomic E-state index is -0.182. The summed E-state index contributed by atoms with van der Waals surface area (Å²) in [6.45, 7) is 4.30. The van der Waals surface area contributed by atoms with Gasteiger partial charge in [-0.05, 0) is 37.0 Å². The number of carbonyl (C=O) groups excluding carboxylic acids is 1. The van der Waals surface area contributed by atoms with Crippen molar-refractivity contribution in [3.8, 4) is 0 Å². The third-order valence-electron chi connectivity index (χ3n) is 4.85. The second-order valence-corrected chi connectivity index (χ2v) is 5.54. The van der Waals surface area contributed by atoms with Gasteiger partial charge in [0.05, 0.1) is 6.10 Å². The monoisotopic (exact) mass is 210 g/mol. The summed E-state index contributed by atoms with van der Waals surface area (Å²) in [6.07, 6.45) is 5.50. The molecule has 0 unspecified atom stereocenters. The van der Waals surface area contributed by atoms with Crippen molar-refractivity contribution < 1.29 is 9.90 Å². The number of ketones is 1. The van der Waals surface area contributed by atoms with Crippen LogP contribution in [0, 0.1) is 17.3 Å². The van der Waals surface area contributed by atoms with E-state index in [1.165, 1.54) is 0 Å². The summed E-state index contributed by atoms with van der Waals surface area (Å²) in [5.74, 6) is 1.10. The predicted molar refractivity (Wildman–Crippen MR) is 59.5 cm³/mol. The van der Waals surface area contributed by atoms with E-state index in [4.69, 9.17) is 0 Å². The van der Waals surface area contributed by atoms with E-state index in [9.17, 15) is 9.90 Å². The van der Waals surface area contributed by atoms with Crippen LogP contribution < -0.4 is 0 Å². The lowest BCUT2D eigenvalue weighted by Gasteiger charge is -2.51. The van der Waals surface area contributed by atoms with E-state index in [0.717, 1.165) is 32.1 Å². The highest BCUT2D eigenvalue weighted by atomic mass is 16.3. The van der Waals surface area contributed by atoms with Crippen molar-refractivity contribution in [2.45, 2.75) is 58.5 Å². The molecule has 0 amide bonds. The molecule has 2 nitrogen and oxygen atoms in total. The van der Waals surface area contributed by atoms with Crippen molar-refractivity contribution in [3.63, 3.8) is 0 Å². The molecule has 2 aliphatic rings. The van der Waals surface area contributed by atoms with Crippen LogP contribution in [0.4, 0.5) is 0 Å². The SMILES string of the molecule is CC[C@@H]1C(=O)CC[C@]2(C)[C@@H](O)CCC[C@@H]12. The van der Waals surface area contributed by atoms with E-state index < -0.39 is 0 Å². The standard InChI is InChI=1S/C13H22O2/c1-3-9-10-5-4-6-12(15)13(10,2)8-7-11(9)14/h9-10,12,15H,3-8H2,1-2H3/t9-,10-,12-,13-/m0/s1. The number of aliphatic hydroxyl groups excluding tert-OH is 1. The van der Waals surface area contributed by atoms with E-state index in [1.807, 2.05) is 0 Å². The molecule has 2 fully saturated rings. The molecule has 2 saturated carbocycles. The molecule has 15 heavy (non-hydrogen) atoms. The molecular weight excluding hydrogens is 188 g/mol. The quantitative estimate of drug-likeness (QED) is 0.722. The van der Waals surface area contributed by atoms with E-state index in [2.05, 4.69) is 13.8 Å². The Balaban J connectivity index is 2.26. The fourth-order valence-corrected chi connectivity index (χ4v) is 3.76. The van der Waals surface area contributed by atoms with Crippen molar-refractivity contribution in [3.05, 3.63) is 0 Å². The van der Waals surface area contributed by atoms with Gasteiger partial charge in [-0.25, -0.2) is 0 Å². The van der Waals surface area contributed by atoms with Crippen LogP contribution in [-0.2, 0) is 4.79 Å². The van der Waals surface area contributed by atoms with Gasteiger partial charge in [0.1, 0.15) is 5.78 Å². The third-order valence-corrected chi connectivity index (χ3v) is 4.85. The first-order valence-electron chi connectivity index (χ1n) is 6.30. The first-order chi connectivity index (χ1) is 7.09. The lowest BCUT2D eigenvalue weighted by Crippen LogP contribution is -2.50. The number of Topliss-reactive ketones (excluding diaryl/α,β-unsaturated/α-hetero) is 1. The first kappa shape index (κ1) is 11.1. The number of hydrogen-bond acceptors (Lipinski definition) is 2. The van der Waals surface area contributed by atoms with Crippen molar-refractivity contribution >= 4 is 5.78 Å². The Morgan fingerprint density at radius 2 is 2.20 bits per heavy atom. The Morgan fingerprint density at radius 3 is 2.87 bits per heavy atom. The lowest BCUT2D eigenvalue weighted by molar-refractivity contribution is -0.142. The van der Waals surface area contributed by atoms with Crippen LogP contribution in [0.1, 0.15) is 52.4 Å². The largest absolute Gasteiger partial charge is 0.393 e. The van der Waals surface area contributed by atoms with Gasteiger partial charge in [0.2, 0.25) is 0 Å². The van der Waals surface area contributed by atoms with Crippen molar-refractivity contribution in [2.24, 2.45) is 17.3 Å². The summed E-state index contributed by atoms with van der Waals surface area (Å²) in [5.41, 5.74) is 0.0207. The summed E-state index contributed by atoms with van der Waals surface area (Å²) in [7, 11) is 0. The Morgan fingerprint density at radius 1 is 1.47 bits per heavy atom. The molecule has 2 rings (SSSR count). The van der Waals surface area contributed by atoms with Crippen molar-refractivity contribution in [2.75, 3.05) is 0 Å². The molecule has 0 aromatic rings. The lowest BCUT2D eigenvalue weighted by atomic mass is 9.55. The van der Waals surface area contributed by atoms with Gasteiger partial charge in [-0.2, -0.15) is 0 Å². The zero-order valence-corrected chi connectivity index (χ0v) is 9.83. The number of rotatable bonds is 1. The normalized spacial score (nSPS) is 46.3. The average molecular weight is 210 g/mol. The molecule has 86 valence electrons. The average Bonchev–Trinajstić information content (AvgIpc) is 2.22. The minimum absolute atomic E-state index is 0.0207. The molecule has 0 aromatic heterocycles. The Hall–Kier alpha value is -0.370. The maximum absolute atomic E-state index is 11.8. The van der Waals surface area contributed by atoms with Crippen LogP contribution in [0.3, 0.4) is 0 Å². The van der Waals surface area contributed by atoms with E-state index in [1.54, 1.807) is 0 Å². The van der Waals surface area contributed by atoms with Crippen LogP contribution in [0.15, 0.2) is 0 Å². The Kier molecular flexibility index (Phi) is 2.89. The first-order valence-corrected chi connectivity index (χ1v) is 6.30. The van der Waals surface area contributed by atoms with E-state index in [0.29, 0.717) is 18.1 Å². The molecule has 0 aromatic carbocycles. The molecule has 0 radical (unpaired) electrons. The number of fused-ring (bicyclic) bond motifs is 1. The molecule has 0 aliphatic heterocycles. The summed E-state index contributed by atoms with van der Waals surface area (Å²) >= 11 is 0. The van der Waals surface area contributed by atoms with E-state index in [-0.39, 0.29) is 17.4 Å². The fourth-order valence-electron chi connectivity index (χ4n) is 3.76. The van der Waals surface area contributed by atoms with Gasteiger partial charge >= 0.3 is 0 Å². The number of carbonyl (C=O) groups is 1. The fraction of sp³-hybridized carbons (Fsp3) is 0.923. The molecule has 0 spiro atoms. The second-order valence-electron chi connectivity index (χ2n) is 5.54. The van der Waals surface area contributed by atoms with Gasteiger partial charge in [0.15, 0.2) is 0 Å². The molecule has 2 heteroatoms. The van der Waals surface area contributed by atoms with Crippen LogP contribution >= 0.6 is 0 Å². The molecule has 1 N–H and O–H groups in total. The van der Waals surface area contributed by atoms with E-state index >= 15 is 0 Å². The summed E-state index contributed by atoms with van der Waals surface area (Å²) in [6, 6.07) is 0. The van der Waals surface area contributed by atoms with Gasteiger partial charge in [-0.15, -0.1) is 0 Å². The van der Waals surface area contributed by atoms with Gasteiger partial charge in [0.25, 0.3) is 0 Å². The molecule has 2 aliphatic carbocycles. The van der Waals surface area contributed by atoms with Crippen LogP contribution in [0.25, 0.3) is 0 Å². The van der Waals surface area contributed by atoms with Crippen molar-refractivity contribution in [1.82, 2.24) is 0 Å². The molecular formula is C13H22O2. The van der Waals surface area contributed by atoms with Crippen molar-refractivity contribution in [1.29, 1.82) is 0 Å². The highest BCUT2D eigenvalue weighted by molar-refractivity contribution is 5.82. The van der Waals surface area contributed by atoms with Crippen LogP contribution in [0.2, 0.25) is 0 Å². The van der Waals surface area contributed by atoms with Gasteiger partial charge in [-0.1, -0.05) is 20.3 Å². The summed E-state index contributed by atoms with van der Waals surface area (Å²) in [5, 5.41) is 10.2. The topological polar surface area (TPSA) is 37.3 Å². The number of aliphatic hydroxyl groups is 1. The maximum Gasteiger partial charge on any atom is 0.136 e. The van der Waals surface area contributed by atoms with Gasteiger partial charge in [0, 0.05) is 12.3 Å². The smallest absolute Gasteiger partial charge is 0.136 e. The molecule has 4 atom stereocenters. The zero-order chi connectivity index (χ0) is 11.1. The zero-order valence-electron chi connectivity index (χ0n) is 9.83. The maximum atomic E-state index is 11.8. The predicted octanol–water partition coefficient (Wildman–Crippen LogP) is 2.54. The highest BCUT2D eigenvalue weighted by Gasteiger charge is 2.50. The number of hydrogen-bond donors (Lipinski definition) is 1. The molecule has 0 bridgehead atoms. The minimum Gasteiger partial charge on any atom is -0.393 e. The van der Waals surface area contributed by atoms with Crippen LogP contribution in [0.5, 0.6) is 0 Å². The highest BCUT2D eigenvalue weighted by Crippen LogP contribution is 2.52. The Labute approximate surface area is 92.1 Å². The van der Waals surface area contributed by atoms with Crippen LogP contribution in [-0.4, -0.2) is 17.0 Å². The summed E-state index contributed by atoms with van der Waals surface area (Å²) in [4.78, 5) is 11.8. The third kappa shape index (κ3) is 1.63. The van der Waals surface area contributed by atoms with Gasteiger partial charge in [-0.3, -0.25) is 4.79 Å². The molecule has 0 saturated heterocycles. The van der Waals surface area contributed by atoms with Gasteiger partial charge < -0.3 is 5.11 Å². The second kappa shape index (κ2) is 3.89.